The Morgan fingerprint density at radius 3 is 2.59 bits per heavy atom. The van der Waals surface area contributed by atoms with E-state index in [4.69, 9.17) is 5.73 Å². The van der Waals surface area contributed by atoms with Crippen molar-refractivity contribution in [1.82, 2.24) is 10.2 Å². The van der Waals surface area contributed by atoms with Crippen LogP contribution in [0.3, 0.4) is 0 Å². The second kappa shape index (κ2) is 4.80. The number of amides is 1. The maximum absolute atomic E-state index is 11.4. The van der Waals surface area contributed by atoms with Gasteiger partial charge in [-0.05, 0) is 30.7 Å². The van der Waals surface area contributed by atoms with Crippen molar-refractivity contribution in [3.05, 3.63) is 36.5 Å². The molecule has 1 atom stereocenters. The first-order valence-corrected chi connectivity index (χ1v) is 5.33. The van der Waals surface area contributed by atoms with E-state index in [0.29, 0.717) is 0 Å². The fourth-order valence-electron chi connectivity index (χ4n) is 1.41. The lowest BCUT2D eigenvalue weighted by atomic mass is 10.1. The molecule has 1 aromatic carbocycles. The third-order valence-electron chi connectivity index (χ3n) is 2.38. The number of anilines is 1. The van der Waals surface area contributed by atoms with Gasteiger partial charge in [0.25, 0.3) is 0 Å². The molecule has 0 saturated heterocycles. The fourth-order valence-corrected chi connectivity index (χ4v) is 1.41. The van der Waals surface area contributed by atoms with Crippen LogP contribution in [0, 0.1) is 0 Å². The molecule has 0 aliphatic heterocycles. The predicted molar refractivity (Wildman–Crippen MR) is 66.3 cm³/mol. The summed E-state index contributed by atoms with van der Waals surface area (Å²) in [4.78, 5) is 11.4. The van der Waals surface area contributed by atoms with Crippen LogP contribution in [0.2, 0.25) is 0 Å². The van der Waals surface area contributed by atoms with Crippen LogP contribution >= 0.6 is 0 Å². The Kier molecular flexibility index (Phi) is 3.20. The van der Waals surface area contributed by atoms with Crippen LogP contribution in [-0.2, 0) is 4.79 Å². The molecule has 5 nitrogen and oxygen atoms in total. The maximum atomic E-state index is 11.4. The van der Waals surface area contributed by atoms with E-state index in [-0.39, 0.29) is 5.91 Å². The zero-order valence-corrected chi connectivity index (χ0v) is 9.47. The highest BCUT2D eigenvalue weighted by Gasteiger charge is 2.07. The number of benzene rings is 1. The van der Waals surface area contributed by atoms with Crippen molar-refractivity contribution in [2.24, 2.45) is 5.73 Å². The van der Waals surface area contributed by atoms with E-state index in [0.717, 1.165) is 16.9 Å². The number of hydrogen-bond donors (Lipinski definition) is 3. The molecule has 0 bridgehead atoms. The molecular formula is C12H14N4O. The van der Waals surface area contributed by atoms with Crippen LogP contribution in [0.1, 0.15) is 6.92 Å². The summed E-state index contributed by atoms with van der Waals surface area (Å²) in [5, 5.41) is 9.48. The van der Waals surface area contributed by atoms with E-state index in [1.807, 2.05) is 30.3 Å². The van der Waals surface area contributed by atoms with Crippen LogP contribution in [0.5, 0.6) is 0 Å². The summed E-state index contributed by atoms with van der Waals surface area (Å²) in [7, 11) is 0. The van der Waals surface area contributed by atoms with Crippen LogP contribution in [0.25, 0.3) is 11.3 Å². The van der Waals surface area contributed by atoms with Gasteiger partial charge in [0.05, 0.1) is 11.7 Å². The lowest BCUT2D eigenvalue weighted by Gasteiger charge is -2.08. The van der Waals surface area contributed by atoms with Gasteiger partial charge in [-0.15, -0.1) is 0 Å². The standard InChI is InChI=1S/C12H14N4O/c1-8(13)12(17)15-10-4-2-9(3-5-10)11-6-7-14-16-11/h2-8H,13H2,1H3,(H,14,16)(H,15,17). The molecule has 1 heterocycles. The Labute approximate surface area is 99.0 Å². The summed E-state index contributed by atoms with van der Waals surface area (Å²) in [6.07, 6.45) is 1.70. The highest BCUT2D eigenvalue weighted by molar-refractivity contribution is 5.94. The van der Waals surface area contributed by atoms with Crippen LogP contribution in [-0.4, -0.2) is 22.1 Å². The maximum Gasteiger partial charge on any atom is 0.240 e. The lowest BCUT2D eigenvalue weighted by Crippen LogP contribution is -2.32. The van der Waals surface area contributed by atoms with Crippen molar-refractivity contribution < 1.29 is 4.79 Å². The van der Waals surface area contributed by atoms with Crippen molar-refractivity contribution in [3.63, 3.8) is 0 Å². The zero-order chi connectivity index (χ0) is 12.3. The number of nitrogens with two attached hydrogens (primary N) is 1. The van der Waals surface area contributed by atoms with E-state index in [2.05, 4.69) is 15.5 Å². The normalized spacial score (nSPS) is 12.1. The number of nitrogens with one attached hydrogen (secondary N) is 2. The van der Waals surface area contributed by atoms with Gasteiger partial charge < -0.3 is 11.1 Å². The van der Waals surface area contributed by atoms with E-state index in [1.165, 1.54) is 0 Å². The zero-order valence-electron chi connectivity index (χ0n) is 9.47. The molecule has 0 saturated carbocycles. The van der Waals surface area contributed by atoms with Gasteiger partial charge in [-0.2, -0.15) is 5.10 Å². The van der Waals surface area contributed by atoms with Gasteiger partial charge in [0.15, 0.2) is 0 Å². The molecular weight excluding hydrogens is 216 g/mol. The SMILES string of the molecule is CC(N)C(=O)Nc1ccc(-c2ccn[nH]2)cc1. The molecule has 2 aromatic rings. The first-order valence-electron chi connectivity index (χ1n) is 5.33. The Bertz CT molecular complexity index is 488. The molecule has 1 amide bonds. The van der Waals surface area contributed by atoms with Gasteiger partial charge in [0.1, 0.15) is 0 Å². The molecule has 1 unspecified atom stereocenters. The molecule has 88 valence electrons. The molecule has 0 aliphatic rings. The third-order valence-corrected chi connectivity index (χ3v) is 2.38. The highest BCUT2D eigenvalue weighted by Crippen LogP contribution is 2.18. The number of hydrogen-bond acceptors (Lipinski definition) is 3. The summed E-state index contributed by atoms with van der Waals surface area (Å²) in [6, 6.07) is 8.85. The van der Waals surface area contributed by atoms with Crippen molar-refractivity contribution >= 4 is 11.6 Å². The second-order valence-corrected chi connectivity index (χ2v) is 3.83. The Morgan fingerprint density at radius 1 is 1.35 bits per heavy atom. The Balaban J connectivity index is 2.11. The molecule has 0 radical (unpaired) electrons. The lowest BCUT2D eigenvalue weighted by molar-refractivity contribution is -0.117. The fraction of sp³-hybridized carbons (Fsp3) is 0.167. The average molecular weight is 230 g/mol. The molecule has 2 rings (SSSR count). The number of aromatic nitrogens is 2. The van der Waals surface area contributed by atoms with Crippen molar-refractivity contribution in [1.29, 1.82) is 0 Å². The summed E-state index contributed by atoms with van der Waals surface area (Å²) < 4.78 is 0. The van der Waals surface area contributed by atoms with Crippen LogP contribution in [0.4, 0.5) is 5.69 Å². The van der Waals surface area contributed by atoms with Gasteiger partial charge >= 0.3 is 0 Å². The summed E-state index contributed by atoms with van der Waals surface area (Å²) in [5.41, 5.74) is 8.15. The predicted octanol–water partition coefficient (Wildman–Crippen LogP) is 1.36. The highest BCUT2D eigenvalue weighted by atomic mass is 16.2. The largest absolute Gasteiger partial charge is 0.325 e. The molecule has 17 heavy (non-hydrogen) atoms. The first kappa shape index (κ1) is 11.3. The smallest absolute Gasteiger partial charge is 0.240 e. The number of nitrogens with zero attached hydrogens (tertiary/aromatic N) is 1. The number of carbonyl (C=O) groups excluding carboxylic acids is 1. The molecule has 5 heteroatoms. The van der Waals surface area contributed by atoms with Gasteiger partial charge in [-0.1, -0.05) is 12.1 Å². The summed E-state index contributed by atoms with van der Waals surface area (Å²) >= 11 is 0. The minimum atomic E-state index is -0.512. The van der Waals surface area contributed by atoms with Gasteiger partial charge in [-0.3, -0.25) is 9.89 Å². The molecule has 1 aromatic heterocycles. The van der Waals surface area contributed by atoms with Gasteiger partial charge in [0, 0.05) is 11.9 Å². The number of rotatable bonds is 3. The average Bonchev–Trinajstić information content (AvgIpc) is 2.83. The van der Waals surface area contributed by atoms with Crippen molar-refractivity contribution in [2.75, 3.05) is 5.32 Å². The van der Waals surface area contributed by atoms with Gasteiger partial charge in [0.2, 0.25) is 5.91 Å². The van der Waals surface area contributed by atoms with E-state index in [1.54, 1.807) is 13.1 Å². The summed E-state index contributed by atoms with van der Waals surface area (Å²) in [6.45, 7) is 1.65. The Morgan fingerprint density at radius 2 is 2.06 bits per heavy atom. The number of aromatic amines is 1. The second-order valence-electron chi connectivity index (χ2n) is 3.83. The molecule has 0 spiro atoms. The topological polar surface area (TPSA) is 83.8 Å². The first-order chi connectivity index (χ1) is 8.16. The monoisotopic (exact) mass is 230 g/mol. The van der Waals surface area contributed by atoms with E-state index >= 15 is 0 Å². The van der Waals surface area contributed by atoms with Crippen molar-refractivity contribution in [2.45, 2.75) is 13.0 Å². The van der Waals surface area contributed by atoms with Crippen LogP contribution < -0.4 is 11.1 Å². The van der Waals surface area contributed by atoms with Gasteiger partial charge in [-0.25, -0.2) is 0 Å². The number of H-pyrrole nitrogens is 1. The Hall–Kier alpha value is -2.14. The minimum absolute atomic E-state index is 0.195. The molecule has 4 N–H and O–H groups in total. The minimum Gasteiger partial charge on any atom is -0.325 e. The molecule has 0 aliphatic carbocycles. The third kappa shape index (κ3) is 2.70. The van der Waals surface area contributed by atoms with E-state index < -0.39 is 6.04 Å². The van der Waals surface area contributed by atoms with Crippen molar-refractivity contribution in [3.8, 4) is 11.3 Å². The molecule has 0 fully saturated rings. The quantitative estimate of drug-likeness (QED) is 0.744. The van der Waals surface area contributed by atoms with E-state index in [9.17, 15) is 4.79 Å². The van der Waals surface area contributed by atoms with Crippen LogP contribution in [0.15, 0.2) is 36.5 Å². The number of carbonyl (C=O) groups is 1. The summed E-state index contributed by atoms with van der Waals surface area (Å²) in [5.74, 6) is -0.195.